The van der Waals surface area contributed by atoms with Gasteiger partial charge in [0.25, 0.3) is 0 Å². The fourth-order valence-electron chi connectivity index (χ4n) is 2.36. The van der Waals surface area contributed by atoms with Gasteiger partial charge in [-0.25, -0.2) is 0 Å². The van der Waals surface area contributed by atoms with Gasteiger partial charge in [0.05, 0.1) is 6.04 Å². The van der Waals surface area contributed by atoms with Crippen LogP contribution in [0, 0.1) is 5.41 Å². The molecule has 2 nitrogen and oxygen atoms in total. The number of fused-ring (bicyclic) bond motifs is 1. The van der Waals surface area contributed by atoms with Crippen LogP contribution < -0.4 is 4.90 Å². The van der Waals surface area contributed by atoms with Crippen LogP contribution in [-0.2, 0) is 11.2 Å². The maximum absolute atomic E-state index is 12.8. The van der Waals surface area contributed by atoms with Gasteiger partial charge in [0.15, 0.2) is 0 Å². The van der Waals surface area contributed by atoms with E-state index in [9.17, 15) is 18.0 Å². The molecule has 114 valence electrons. The minimum Gasteiger partial charge on any atom is -0.297 e. The smallest absolute Gasteiger partial charge is 0.297 e. The highest BCUT2D eigenvalue weighted by atomic mass is 19.4. The van der Waals surface area contributed by atoms with E-state index in [2.05, 4.69) is 0 Å². The van der Waals surface area contributed by atoms with Crippen LogP contribution in [0.3, 0.4) is 0 Å². The molecule has 5 heteroatoms. The number of amides is 1. The first-order chi connectivity index (χ1) is 9.59. The maximum Gasteiger partial charge on any atom is 0.471 e. The topological polar surface area (TPSA) is 20.3 Å². The van der Waals surface area contributed by atoms with E-state index >= 15 is 0 Å². The Morgan fingerprint density at radius 1 is 1.24 bits per heavy atom. The number of benzene rings is 1. The zero-order valence-electron chi connectivity index (χ0n) is 12.2. The summed E-state index contributed by atoms with van der Waals surface area (Å²) in [5, 5.41) is 0. The number of carbonyl (C=O) groups is 1. The monoisotopic (exact) mass is 297 g/mol. The van der Waals surface area contributed by atoms with Crippen LogP contribution in [0.25, 0.3) is 0 Å². The van der Waals surface area contributed by atoms with Crippen LogP contribution in [-0.4, -0.2) is 18.1 Å². The molecule has 21 heavy (non-hydrogen) atoms. The van der Waals surface area contributed by atoms with E-state index in [0.29, 0.717) is 12.1 Å². The second kappa shape index (κ2) is 5.20. The van der Waals surface area contributed by atoms with Crippen molar-refractivity contribution in [3.05, 3.63) is 42.0 Å². The molecule has 1 aromatic rings. The molecule has 2 rings (SSSR count). The normalized spacial score (nSPS) is 19.1. The van der Waals surface area contributed by atoms with Crippen molar-refractivity contribution in [3.8, 4) is 0 Å². The largest absolute Gasteiger partial charge is 0.471 e. The Bertz CT molecular complexity index is 570. The zero-order chi connectivity index (χ0) is 15.8. The Hall–Kier alpha value is -1.78. The van der Waals surface area contributed by atoms with E-state index < -0.39 is 18.1 Å². The van der Waals surface area contributed by atoms with Gasteiger partial charge in [-0.1, -0.05) is 51.1 Å². The number of carbonyl (C=O) groups excluding carboxylic acids is 1. The average molecular weight is 297 g/mol. The molecule has 1 aliphatic heterocycles. The molecule has 0 N–H and O–H groups in total. The maximum atomic E-state index is 12.8. The summed E-state index contributed by atoms with van der Waals surface area (Å²) in [4.78, 5) is 12.6. The lowest BCUT2D eigenvalue weighted by molar-refractivity contribution is -0.170. The number of para-hydroxylation sites is 1. The van der Waals surface area contributed by atoms with Gasteiger partial charge < -0.3 is 0 Å². The molecule has 0 radical (unpaired) electrons. The zero-order valence-corrected chi connectivity index (χ0v) is 12.2. The van der Waals surface area contributed by atoms with Crippen molar-refractivity contribution in [3.63, 3.8) is 0 Å². The number of alkyl halides is 3. The molecule has 1 aromatic carbocycles. The molecule has 0 aromatic heterocycles. The predicted molar refractivity (Wildman–Crippen MR) is 76.1 cm³/mol. The average Bonchev–Trinajstić information content (AvgIpc) is 2.71. The van der Waals surface area contributed by atoms with E-state index in [1.54, 1.807) is 30.3 Å². The van der Waals surface area contributed by atoms with Crippen molar-refractivity contribution in [1.29, 1.82) is 0 Å². The lowest BCUT2D eigenvalue weighted by atomic mass is 9.95. The first kappa shape index (κ1) is 15.6. The molecular weight excluding hydrogens is 279 g/mol. The highest BCUT2D eigenvalue weighted by Gasteiger charge is 2.47. The number of nitrogens with zero attached hydrogens (tertiary/aromatic N) is 1. The van der Waals surface area contributed by atoms with Crippen molar-refractivity contribution in [1.82, 2.24) is 0 Å². The Morgan fingerprint density at radius 3 is 2.43 bits per heavy atom. The van der Waals surface area contributed by atoms with E-state index in [1.165, 1.54) is 0 Å². The van der Waals surface area contributed by atoms with E-state index in [4.69, 9.17) is 0 Å². The second-order valence-corrected chi connectivity index (χ2v) is 6.30. The molecule has 1 atom stereocenters. The number of rotatable bonds is 1. The first-order valence-electron chi connectivity index (χ1n) is 6.77. The summed E-state index contributed by atoms with van der Waals surface area (Å²) in [6, 6.07) is 6.15. The number of halogens is 3. The summed E-state index contributed by atoms with van der Waals surface area (Å²) < 4.78 is 38.5. The minimum absolute atomic E-state index is 0.151. The molecule has 0 saturated heterocycles. The summed E-state index contributed by atoms with van der Waals surface area (Å²) in [5.74, 6) is -1.81. The molecule has 0 bridgehead atoms. The van der Waals surface area contributed by atoms with E-state index in [-0.39, 0.29) is 5.41 Å². The van der Waals surface area contributed by atoms with Crippen molar-refractivity contribution in [2.45, 2.75) is 39.4 Å². The molecule has 0 saturated carbocycles. The summed E-state index contributed by atoms with van der Waals surface area (Å²) in [7, 11) is 0. The molecule has 0 aliphatic carbocycles. The van der Waals surface area contributed by atoms with Crippen LogP contribution in [0.5, 0.6) is 0 Å². The van der Waals surface area contributed by atoms with Gasteiger partial charge in [-0.05, 0) is 23.5 Å². The molecule has 1 amide bonds. The Morgan fingerprint density at radius 2 is 1.86 bits per heavy atom. The van der Waals surface area contributed by atoms with Gasteiger partial charge in [0.2, 0.25) is 0 Å². The number of hydrogen-bond acceptors (Lipinski definition) is 1. The molecule has 0 spiro atoms. The molecular formula is C16H18F3NO. The lowest BCUT2D eigenvalue weighted by Gasteiger charge is -2.25. The van der Waals surface area contributed by atoms with Gasteiger partial charge in [-0.15, -0.1) is 0 Å². The summed E-state index contributed by atoms with van der Waals surface area (Å²) in [6.07, 6.45) is -0.917. The Kier molecular flexibility index (Phi) is 3.87. The number of anilines is 1. The van der Waals surface area contributed by atoms with Crippen molar-refractivity contribution in [2.75, 3.05) is 4.90 Å². The third kappa shape index (κ3) is 3.46. The quantitative estimate of drug-likeness (QED) is 0.714. The predicted octanol–water partition coefficient (Wildman–Crippen LogP) is 4.11. The number of hydrogen-bond donors (Lipinski definition) is 0. The minimum atomic E-state index is -4.87. The first-order valence-corrected chi connectivity index (χ1v) is 6.77. The molecule has 1 heterocycles. The van der Waals surface area contributed by atoms with Crippen LogP contribution in [0.15, 0.2) is 36.4 Å². The Balaban J connectivity index is 2.39. The summed E-state index contributed by atoms with van der Waals surface area (Å²) in [6.45, 7) is 5.88. The third-order valence-electron chi connectivity index (χ3n) is 3.29. The van der Waals surface area contributed by atoms with Gasteiger partial charge >= 0.3 is 12.1 Å². The van der Waals surface area contributed by atoms with Crippen LogP contribution in [0.2, 0.25) is 0 Å². The van der Waals surface area contributed by atoms with Crippen molar-refractivity contribution in [2.24, 2.45) is 5.41 Å². The van der Waals surface area contributed by atoms with Gasteiger partial charge in [-0.2, -0.15) is 13.2 Å². The number of allylic oxidation sites excluding steroid dienone is 1. The summed E-state index contributed by atoms with van der Waals surface area (Å²) >= 11 is 0. The molecule has 1 unspecified atom stereocenters. The standard InChI is InChI=1S/C16H18F3NO/c1-15(2,3)9-8-12-10-11-6-4-5-7-13(11)20(12)14(21)16(17,18)19/h4-9,12H,10H2,1-3H3/b9-8+. The fourth-order valence-corrected chi connectivity index (χ4v) is 2.36. The second-order valence-electron chi connectivity index (χ2n) is 6.30. The van der Waals surface area contributed by atoms with Crippen LogP contribution >= 0.6 is 0 Å². The highest BCUT2D eigenvalue weighted by Crippen LogP contribution is 2.36. The molecule has 1 aliphatic rings. The Labute approximate surface area is 122 Å². The van der Waals surface area contributed by atoms with Gasteiger partial charge in [-0.3, -0.25) is 9.69 Å². The van der Waals surface area contributed by atoms with Crippen molar-refractivity contribution < 1.29 is 18.0 Å². The SMILES string of the molecule is CC(C)(C)/C=C/C1Cc2ccccc2N1C(=O)C(F)(F)F. The van der Waals surface area contributed by atoms with Gasteiger partial charge in [0, 0.05) is 5.69 Å². The highest BCUT2D eigenvalue weighted by molar-refractivity contribution is 6.00. The third-order valence-corrected chi connectivity index (χ3v) is 3.29. The molecule has 0 fully saturated rings. The van der Waals surface area contributed by atoms with Crippen LogP contribution in [0.1, 0.15) is 26.3 Å². The van der Waals surface area contributed by atoms with E-state index in [1.807, 2.05) is 26.8 Å². The lowest BCUT2D eigenvalue weighted by Crippen LogP contribution is -2.44. The summed E-state index contributed by atoms with van der Waals surface area (Å²) in [5.41, 5.74) is 0.962. The fraction of sp³-hybridized carbons (Fsp3) is 0.438. The van der Waals surface area contributed by atoms with Crippen LogP contribution in [0.4, 0.5) is 18.9 Å². The van der Waals surface area contributed by atoms with E-state index in [0.717, 1.165) is 10.5 Å². The van der Waals surface area contributed by atoms with Gasteiger partial charge in [0.1, 0.15) is 0 Å². The van der Waals surface area contributed by atoms with Crippen molar-refractivity contribution >= 4 is 11.6 Å².